The van der Waals surface area contributed by atoms with E-state index in [9.17, 15) is 31.9 Å². The average molecular weight is 683 g/mol. The van der Waals surface area contributed by atoms with Crippen LogP contribution < -0.4 is 19.5 Å². The highest BCUT2D eigenvalue weighted by molar-refractivity contribution is 9.10. The van der Waals surface area contributed by atoms with E-state index in [-0.39, 0.29) is 28.8 Å². The molecule has 4 rings (SSSR count). The zero-order chi connectivity index (χ0) is 31.3. The molecule has 14 heteroatoms. The Kier molecular flexibility index (Phi) is 10.0. The third-order valence-electron chi connectivity index (χ3n) is 5.93. The summed E-state index contributed by atoms with van der Waals surface area (Å²) in [7, 11) is 1.22. The van der Waals surface area contributed by atoms with Crippen LogP contribution in [0, 0.1) is 5.82 Å². The van der Waals surface area contributed by atoms with Crippen molar-refractivity contribution in [2.75, 3.05) is 25.6 Å². The van der Waals surface area contributed by atoms with Crippen molar-refractivity contribution in [3.8, 4) is 17.2 Å². The molecule has 1 aliphatic heterocycles. The van der Waals surface area contributed by atoms with Crippen molar-refractivity contribution in [2.24, 2.45) is 0 Å². The molecule has 0 aromatic heterocycles. The number of nitrogens with zero attached hydrogens (tertiary/aromatic N) is 1. The maximum atomic E-state index is 13.2. The highest BCUT2D eigenvalue weighted by Gasteiger charge is 2.37. The Balaban J connectivity index is 1.50. The number of anilines is 1. The summed E-state index contributed by atoms with van der Waals surface area (Å²) in [4.78, 5) is 39.0. The minimum atomic E-state index is -4.66. The number of alkyl halides is 3. The first kappa shape index (κ1) is 31.9. The number of amides is 3. The Labute approximate surface area is 256 Å². The number of imide groups is 1. The molecule has 0 aliphatic carbocycles. The molecule has 43 heavy (non-hydrogen) atoms. The van der Waals surface area contributed by atoms with Crippen LogP contribution in [0.1, 0.15) is 23.6 Å². The molecule has 1 aliphatic rings. The largest absolute Gasteiger partial charge is 0.495 e. The van der Waals surface area contributed by atoms with Crippen LogP contribution in [0.5, 0.6) is 17.2 Å². The van der Waals surface area contributed by atoms with Crippen LogP contribution in [-0.2, 0) is 22.4 Å². The van der Waals surface area contributed by atoms with Crippen LogP contribution in [0.2, 0.25) is 0 Å². The Bertz CT molecular complexity index is 1580. The molecule has 3 amide bonds. The van der Waals surface area contributed by atoms with E-state index < -0.39 is 35.3 Å². The second-order valence-corrected chi connectivity index (χ2v) is 10.7. The van der Waals surface area contributed by atoms with Crippen molar-refractivity contribution < 1.29 is 46.2 Å². The summed E-state index contributed by atoms with van der Waals surface area (Å²) < 4.78 is 69.7. The number of methoxy groups -OCH3 is 1. The van der Waals surface area contributed by atoms with Crippen LogP contribution in [0.3, 0.4) is 0 Å². The first-order valence-corrected chi connectivity index (χ1v) is 14.1. The van der Waals surface area contributed by atoms with Crippen molar-refractivity contribution >= 4 is 56.5 Å². The Morgan fingerprint density at radius 1 is 1.02 bits per heavy atom. The Morgan fingerprint density at radius 2 is 1.72 bits per heavy atom. The third-order valence-corrected chi connectivity index (χ3v) is 7.53. The molecule has 8 nitrogen and oxygen atoms in total. The number of carbonyl (C=O) groups excluding carboxylic acids is 3. The van der Waals surface area contributed by atoms with Gasteiger partial charge in [0.2, 0.25) is 5.91 Å². The number of hydrogen-bond acceptors (Lipinski definition) is 7. The second-order valence-electron chi connectivity index (χ2n) is 8.90. The quantitative estimate of drug-likeness (QED) is 0.178. The predicted octanol–water partition coefficient (Wildman–Crippen LogP) is 7.27. The minimum Gasteiger partial charge on any atom is -0.495 e. The van der Waals surface area contributed by atoms with Gasteiger partial charge in [0, 0.05) is 4.47 Å². The lowest BCUT2D eigenvalue weighted by atomic mass is 10.1. The second kappa shape index (κ2) is 13.5. The molecule has 1 fully saturated rings. The number of halogens is 5. The van der Waals surface area contributed by atoms with Gasteiger partial charge in [0.1, 0.15) is 24.7 Å². The van der Waals surface area contributed by atoms with Gasteiger partial charge in [-0.05, 0) is 78.4 Å². The van der Waals surface area contributed by atoms with Gasteiger partial charge in [-0.2, -0.15) is 13.2 Å². The summed E-state index contributed by atoms with van der Waals surface area (Å²) in [5.41, 5.74) is -0.0740. The summed E-state index contributed by atoms with van der Waals surface area (Å²) in [6, 6.07) is 11.6. The molecule has 0 bridgehead atoms. The van der Waals surface area contributed by atoms with Gasteiger partial charge in [0.05, 0.1) is 29.9 Å². The van der Waals surface area contributed by atoms with Gasteiger partial charge in [-0.25, -0.2) is 4.39 Å². The number of carbonyl (C=O) groups is 3. The third kappa shape index (κ3) is 7.87. The monoisotopic (exact) mass is 682 g/mol. The number of benzene rings is 3. The summed E-state index contributed by atoms with van der Waals surface area (Å²) in [5.74, 6) is -1.33. The van der Waals surface area contributed by atoms with Crippen molar-refractivity contribution in [1.82, 2.24) is 4.90 Å². The lowest BCUT2D eigenvalue weighted by molar-refractivity contribution is -0.137. The van der Waals surface area contributed by atoms with E-state index in [1.54, 1.807) is 31.2 Å². The fourth-order valence-corrected chi connectivity index (χ4v) is 5.14. The molecule has 0 unspecified atom stereocenters. The highest BCUT2D eigenvalue weighted by atomic mass is 79.9. The van der Waals surface area contributed by atoms with Crippen LogP contribution in [0.4, 0.5) is 28.0 Å². The zero-order valence-electron chi connectivity index (χ0n) is 22.6. The maximum Gasteiger partial charge on any atom is 0.416 e. The smallest absolute Gasteiger partial charge is 0.416 e. The summed E-state index contributed by atoms with van der Waals surface area (Å²) in [6.07, 6.45) is -3.22. The molecule has 1 heterocycles. The van der Waals surface area contributed by atoms with Gasteiger partial charge < -0.3 is 19.5 Å². The van der Waals surface area contributed by atoms with E-state index in [1.165, 1.54) is 25.3 Å². The lowest BCUT2D eigenvalue weighted by Gasteiger charge is -2.16. The molecular weight excluding hydrogens is 660 g/mol. The van der Waals surface area contributed by atoms with Crippen LogP contribution in [0.25, 0.3) is 6.08 Å². The molecule has 3 aromatic rings. The zero-order valence-corrected chi connectivity index (χ0v) is 25.0. The van der Waals surface area contributed by atoms with E-state index in [2.05, 4.69) is 21.2 Å². The Hall–Kier alpha value is -4.04. The first-order chi connectivity index (χ1) is 20.4. The Morgan fingerprint density at radius 3 is 2.37 bits per heavy atom. The molecule has 0 spiro atoms. The van der Waals surface area contributed by atoms with Crippen LogP contribution in [-0.4, -0.2) is 42.2 Å². The maximum absolute atomic E-state index is 13.2. The molecule has 0 saturated carbocycles. The van der Waals surface area contributed by atoms with Crippen molar-refractivity contribution in [3.05, 3.63) is 86.5 Å². The van der Waals surface area contributed by atoms with Gasteiger partial charge in [-0.3, -0.25) is 19.3 Å². The van der Waals surface area contributed by atoms with E-state index in [0.29, 0.717) is 50.9 Å². The van der Waals surface area contributed by atoms with Crippen molar-refractivity contribution in [2.45, 2.75) is 19.7 Å². The molecule has 0 atom stereocenters. The summed E-state index contributed by atoms with van der Waals surface area (Å²) in [5, 5.41) is 1.54. The van der Waals surface area contributed by atoms with Gasteiger partial charge in [-0.1, -0.05) is 28.1 Å². The van der Waals surface area contributed by atoms with Gasteiger partial charge in [0.25, 0.3) is 11.1 Å². The topological polar surface area (TPSA) is 94.2 Å². The number of nitrogens with one attached hydrogen (secondary N) is 1. The normalized spacial score (nSPS) is 14.3. The molecule has 1 saturated heterocycles. The summed E-state index contributed by atoms with van der Waals surface area (Å²) in [6.45, 7) is 1.48. The lowest BCUT2D eigenvalue weighted by Crippen LogP contribution is -2.36. The van der Waals surface area contributed by atoms with E-state index in [0.717, 1.165) is 17.7 Å². The SMILES string of the molecule is CCOc1cc(/C=C2\SC(=O)N(CC(=O)Nc3cc(C(F)(F)F)ccc3OC)C2=O)c(Br)cc1OCc1ccc(F)cc1. The number of hydrogen-bond donors (Lipinski definition) is 1. The molecular formula is C29H23BrF4N2O6S. The van der Waals surface area contributed by atoms with Gasteiger partial charge in [0.15, 0.2) is 11.5 Å². The molecule has 1 N–H and O–H groups in total. The number of ether oxygens (including phenoxy) is 3. The molecule has 3 aromatic carbocycles. The fraction of sp³-hybridized carbons (Fsp3) is 0.207. The van der Waals surface area contributed by atoms with Crippen LogP contribution in [0.15, 0.2) is 64.0 Å². The van der Waals surface area contributed by atoms with Gasteiger partial charge in [-0.15, -0.1) is 0 Å². The van der Waals surface area contributed by atoms with E-state index in [4.69, 9.17) is 14.2 Å². The van der Waals surface area contributed by atoms with Gasteiger partial charge >= 0.3 is 6.18 Å². The first-order valence-electron chi connectivity index (χ1n) is 12.5. The fourth-order valence-electron chi connectivity index (χ4n) is 3.88. The molecule has 0 radical (unpaired) electrons. The van der Waals surface area contributed by atoms with E-state index in [1.807, 2.05) is 0 Å². The van der Waals surface area contributed by atoms with E-state index >= 15 is 0 Å². The predicted molar refractivity (Wildman–Crippen MR) is 155 cm³/mol. The van der Waals surface area contributed by atoms with Crippen molar-refractivity contribution in [1.29, 1.82) is 0 Å². The average Bonchev–Trinajstić information content (AvgIpc) is 3.21. The number of thioether (sulfide) groups is 1. The van der Waals surface area contributed by atoms with Crippen LogP contribution >= 0.6 is 27.7 Å². The molecule has 226 valence electrons. The number of rotatable bonds is 10. The summed E-state index contributed by atoms with van der Waals surface area (Å²) >= 11 is 4.03. The highest BCUT2D eigenvalue weighted by Crippen LogP contribution is 2.39. The minimum absolute atomic E-state index is 0.0116. The van der Waals surface area contributed by atoms with Crippen molar-refractivity contribution in [3.63, 3.8) is 0 Å². The standard InChI is InChI=1S/C29H23BrF4N2O6S/c1-3-41-23-10-17(20(30)13-24(23)42-15-16-4-7-19(31)8-5-16)11-25-27(38)36(28(39)43-25)14-26(37)35-21-12-18(29(32,33)34)6-9-22(21)40-2/h4-13H,3,14-15H2,1-2H3,(H,35,37)/b25-11-.